The van der Waals surface area contributed by atoms with E-state index in [1.54, 1.807) is 0 Å². The molecular weight excluding hydrogens is 348 g/mol. The lowest BCUT2D eigenvalue weighted by atomic mass is 10.1. The Hall–Kier alpha value is -3.55. The molecule has 8 heteroatoms. The molecule has 1 aliphatic rings. The van der Waals surface area contributed by atoms with Crippen molar-refractivity contribution >= 4 is 28.2 Å². The number of anilines is 1. The van der Waals surface area contributed by atoms with Gasteiger partial charge in [0.1, 0.15) is 6.54 Å². The van der Waals surface area contributed by atoms with Crippen molar-refractivity contribution in [3.05, 3.63) is 74.3 Å². The Balaban J connectivity index is 1.55. The summed E-state index contributed by atoms with van der Waals surface area (Å²) in [5.74, 6) is -0.335. The van der Waals surface area contributed by atoms with E-state index in [2.05, 4.69) is 10.3 Å². The molecule has 0 atom stereocenters. The monoisotopic (exact) mass is 364 g/mol. The van der Waals surface area contributed by atoms with E-state index in [4.69, 9.17) is 0 Å². The highest BCUT2D eigenvalue weighted by atomic mass is 16.6. The van der Waals surface area contributed by atoms with Crippen molar-refractivity contribution in [3.8, 4) is 0 Å². The molecule has 1 aromatic heterocycles. The Bertz CT molecular complexity index is 1140. The van der Waals surface area contributed by atoms with Crippen LogP contribution in [0.4, 0.5) is 11.4 Å². The summed E-state index contributed by atoms with van der Waals surface area (Å²) in [4.78, 5) is 39.2. The Morgan fingerprint density at radius 3 is 2.81 bits per heavy atom. The van der Waals surface area contributed by atoms with E-state index >= 15 is 0 Å². The van der Waals surface area contributed by atoms with Gasteiger partial charge >= 0.3 is 0 Å². The minimum absolute atomic E-state index is 0.137. The second kappa shape index (κ2) is 6.64. The number of benzene rings is 2. The molecule has 0 spiro atoms. The summed E-state index contributed by atoms with van der Waals surface area (Å²) in [5, 5.41) is 13.9. The normalized spacial score (nSPS) is 12.7. The molecule has 3 aromatic rings. The van der Waals surface area contributed by atoms with Gasteiger partial charge in [0.2, 0.25) is 5.91 Å². The van der Waals surface area contributed by atoms with Gasteiger partial charge < -0.3 is 5.32 Å². The maximum Gasteiger partial charge on any atom is 0.271 e. The average Bonchev–Trinajstić information content (AvgIpc) is 3.11. The van der Waals surface area contributed by atoms with Gasteiger partial charge in [0.05, 0.1) is 22.2 Å². The first kappa shape index (κ1) is 16.9. The van der Waals surface area contributed by atoms with E-state index < -0.39 is 10.5 Å². The number of amides is 1. The number of carbonyl (C=O) groups is 1. The van der Waals surface area contributed by atoms with Crippen molar-refractivity contribution in [1.29, 1.82) is 0 Å². The number of aryl methyl sites for hydroxylation is 2. The van der Waals surface area contributed by atoms with E-state index in [-0.39, 0.29) is 29.0 Å². The zero-order chi connectivity index (χ0) is 19.0. The van der Waals surface area contributed by atoms with Crippen LogP contribution in [0.25, 0.3) is 10.9 Å². The van der Waals surface area contributed by atoms with Crippen molar-refractivity contribution in [2.75, 3.05) is 5.32 Å². The highest BCUT2D eigenvalue weighted by molar-refractivity contribution is 5.91. The molecule has 8 nitrogen and oxygen atoms in total. The number of non-ortho nitro benzene ring substituents is 1. The Labute approximate surface area is 153 Å². The standard InChI is InChI=1S/C19H16N4O4/c24-18(21-14-5-4-12-2-1-3-13(12)8-14)10-22-11-20-17-9-15(23(26)27)6-7-16(17)19(22)25/h4-9,11H,1-3,10H2,(H,21,24). The van der Waals surface area contributed by atoms with Crippen LogP contribution in [0.1, 0.15) is 17.5 Å². The van der Waals surface area contributed by atoms with E-state index in [0.29, 0.717) is 5.69 Å². The number of nitrogens with one attached hydrogen (secondary N) is 1. The van der Waals surface area contributed by atoms with Crippen LogP contribution < -0.4 is 10.9 Å². The van der Waals surface area contributed by atoms with Crippen molar-refractivity contribution in [1.82, 2.24) is 9.55 Å². The Morgan fingerprint density at radius 2 is 2.00 bits per heavy atom. The molecule has 136 valence electrons. The van der Waals surface area contributed by atoms with Gasteiger partial charge in [0, 0.05) is 17.8 Å². The average molecular weight is 364 g/mol. The highest BCUT2D eigenvalue weighted by Crippen LogP contribution is 2.24. The number of hydrogen-bond donors (Lipinski definition) is 1. The van der Waals surface area contributed by atoms with E-state index in [1.807, 2.05) is 18.2 Å². The molecule has 1 heterocycles. The van der Waals surface area contributed by atoms with E-state index in [9.17, 15) is 19.7 Å². The molecule has 4 rings (SSSR count). The van der Waals surface area contributed by atoms with Crippen molar-refractivity contribution in [3.63, 3.8) is 0 Å². The largest absolute Gasteiger partial charge is 0.325 e. The van der Waals surface area contributed by atoms with Crippen LogP contribution in [0.15, 0.2) is 47.5 Å². The number of fused-ring (bicyclic) bond motifs is 2. The molecule has 0 saturated carbocycles. The second-order valence-corrected chi connectivity index (χ2v) is 6.52. The van der Waals surface area contributed by atoms with Crippen LogP contribution in [-0.2, 0) is 24.2 Å². The Morgan fingerprint density at radius 1 is 1.19 bits per heavy atom. The second-order valence-electron chi connectivity index (χ2n) is 6.52. The number of rotatable bonds is 4. The number of nitro groups is 1. The molecule has 0 fully saturated rings. The zero-order valence-corrected chi connectivity index (χ0v) is 14.3. The van der Waals surface area contributed by atoms with Gasteiger partial charge in [-0.1, -0.05) is 6.07 Å². The molecule has 0 aliphatic heterocycles. The molecule has 2 aromatic carbocycles. The van der Waals surface area contributed by atoms with Gasteiger partial charge in [-0.25, -0.2) is 4.98 Å². The van der Waals surface area contributed by atoms with Gasteiger partial charge in [0.25, 0.3) is 11.2 Å². The minimum Gasteiger partial charge on any atom is -0.325 e. The lowest BCUT2D eigenvalue weighted by Gasteiger charge is -2.09. The summed E-state index contributed by atoms with van der Waals surface area (Å²) in [6.45, 7) is -0.185. The molecule has 0 unspecified atom stereocenters. The fourth-order valence-electron chi connectivity index (χ4n) is 3.38. The maximum atomic E-state index is 12.5. The van der Waals surface area contributed by atoms with Crippen LogP contribution in [0.5, 0.6) is 0 Å². The van der Waals surface area contributed by atoms with Gasteiger partial charge in [-0.05, 0) is 48.6 Å². The van der Waals surface area contributed by atoms with Gasteiger partial charge in [0.15, 0.2) is 0 Å². The summed E-state index contributed by atoms with van der Waals surface area (Å²) in [5.41, 5.74) is 2.94. The number of carbonyl (C=O) groups excluding carboxylic acids is 1. The summed E-state index contributed by atoms with van der Waals surface area (Å²) in [6, 6.07) is 9.71. The highest BCUT2D eigenvalue weighted by Gasteiger charge is 2.14. The third-order valence-corrected chi connectivity index (χ3v) is 4.72. The Kier molecular flexibility index (Phi) is 4.15. The first-order chi connectivity index (χ1) is 13.0. The number of aromatic nitrogens is 2. The quantitative estimate of drug-likeness (QED) is 0.565. The van der Waals surface area contributed by atoms with Crippen LogP contribution in [0.2, 0.25) is 0 Å². The lowest BCUT2D eigenvalue weighted by Crippen LogP contribution is -2.28. The third kappa shape index (κ3) is 3.29. The topological polar surface area (TPSA) is 107 Å². The summed E-state index contributed by atoms with van der Waals surface area (Å²) < 4.78 is 1.19. The first-order valence-corrected chi connectivity index (χ1v) is 8.56. The zero-order valence-electron chi connectivity index (χ0n) is 14.3. The smallest absolute Gasteiger partial charge is 0.271 e. The van der Waals surface area contributed by atoms with Crippen LogP contribution in [-0.4, -0.2) is 20.4 Å². The molecule has 1 amide bonds. The van der Waals surface area contributed by atoms with Gasteiger partial charge in [-0.15, -0.1) is 0 Å². The molecule has 1 aliphatic carbocycles. The predicted octanol–water partition coefficient (Wildman–Crippen LogP) is 2.43. The summed E-state index contributed by atoms with van der Waals surface area (Å²) in [6.07, 6.45) is 4.44. The number of hydrogen-bond acceptors (Lipinski definition) is 5. The lowest BCUT2D eigenvalue weighted by molar-refractivity contribution is -0.384. The number of nitrogens with zero attached hydrogens (tertiary/aromatic N) is 3. The van der Waals surface area contributed by atoms with Crippen molar-refractivity contribution in [2.24, 2.45) is 0 Å². The molecule has 27 heavy (non-hydrogen) atoms. The number of nitro benzene ring substituents is 1. The van der Waals surface area contributed by atoms with E-state index in [0.717, 1.165) is 19.3 Å². The SMILES string of the molecule is O=C(Cn1cnc2cc([N+](=O)[O-])ccc2c1=O)Nc1ccc2c(c1)CCC2. The predicted molar refractivity (Wildman–Crippen MR) is 99.8 cm³/mol. The molecule has 0 radical (unpaired) electrons. The maximum absolute atomic E-state index is 12.5. The molecular formula is C19H16N4O4. The van der Waals surface area contributed by atoms with Gasteiger partial charge in [-0.3, -0.25) is 24.3 Å². The van der Waals surface area contributed by atoms with Crippen LogP contribution in [0, 0.1) is 10.1 Å². The molecule has 1 N–H and O–H groups in total. The third-order valence-electron chi connectivity index (χ3n) is 4.72. The van der Waals surface area contributed by atoms with Crippen molar-refractivity contribution in [2.45, 2.75) is 25.8 Å². The van der Waals surface area contributed by atoms with Crippen LogP contribution in [0.3, 0.4) is 0 Å². The van der Waals surface area contributed by atoms with Crippen LogP contribution >= 0.6 is 0 Å². The first-order valence-electron chi connectivity index (χ1n) is 8.56. The summed E-state index contributed by atoms with van der Waals surface area (Å²) in [7, 11) is 0. The van der Waals surface area contributed by atoms with Gasteiger partial charge in [-0.2, -0.15) is 0 Å². The molecule has 0 bridgehead atoms. The van der Waals surface area contributed by atoms with E-state index in [1.165, 1.54) is 40.2 Å². The minimum atomic E-state index is -0.545. The fraction of sp³-hybridized carbons (Fsp3) is 0.211. The molecule has 0 saturated heterocycles. The summed E-state index contributed by atoms with van der Waals surface area (Å²) >= 11 is 0. The fourth-order valence-corrected chi connectivity index (χ4v) is 3.38. The van der Waals surface area contributed by atoms with Crippen molar-refractivity contribution < 1.29 is 9.72 Å².